The average Bonchev–Trinajstić information content (AvgIpc) is 2.74. The van der Waals surface area contributed by atoms with Gasteiger partial charge in [-0.3, -0.25) is 4.79 Å². The molecular formula is C14H20N4O2S. The van der Waals surface area contributed by atoms with E-state index < -0.39 is 5.97 Å². The number of thioether (sulfide) groups is 1. The molecule has 0 aromatic carbocycles. The molecule has 0 aliphatic rings. The van der Waals surface area contributed by atoms with Crippen molar-refractivity contribution in [1.82, 2.24) is 19.4 Å². The Morgan fingerprint density at radius 2 is 2.14 bits per heavy atom. The lowest BCUT2D eigenvalue weighted by molar-refractivity contribution is -0.133. The van der Waals surface area contributed by atoms with Crippen LogP contribution in [0, 0.1) is 6.92 Å². The fraction of sp³-hybridized carbons (Fsp3) is 0.500. The van der Waals surface area contributed by atoms with Crippen LogP contribution in [-0.4, -0.2) is 56.9 Å². The van der Waals surface area contributed by atoms with Crippen LogP contribution in [0.25, 0.3) is 11.2 Å². The summed E-state index contributed by atoms with van der Waals surface area (Å²) in [6.07, 6.45) is 0.967. The predicted octanol–water partition coefficient (Wildman–Crippen LogP) is 1.87. The molecule has 1 N–H and O–H groups in total. The third kappa shape index (κ3) is 4.18. The molecule has 0 aliphatic heterocycles. The average molecular weight is 308 g/mol. The highest BCUT2D eigenvalue weighted by Crippen LogP contribution is 2.23. The maximum absolute atomic E-state index is 10.8. The standard InChI is InChI=1S/C14H20N4O2S/c1-10-5-6-11-13(15-10)18(8-4-7-17(2)3)14(16-11)21-9-12(19)20/h5-6H,4,7-9H2,1-3H3,(H,19,20). The Balaban J connectivity index is 2.28. The smallest absolute Gasteiger partial charge is 0.313 e. The van der Waals surface area contributed by atoms with E-state index in [0.717, 1.165) is 41.5 Å². The van der Waals surface area contributed by atoms with Crippen LogP contribution in [-0.2, 0) is 11.3 Å². The first-order chi connectivity index (χ1) is 9.97. The number of carboxylic acids is 1. The highest BCUT2D eigenvalue weighted by atomic mass is 32.2. The molecule has 0 spiro atoms. The molecule has 2 aromatic rings. The van der Waals surface area contributed by atoms with Gasteiger partial charge in [-0.25, -0.2) is 9.97 Å². The molecule has 0 aliphatic carbocycles. The molecule has 114 valence electrons. The second-order valence-electron chi connectivity index (χ2n) is 5.18. The van der Waals surface area contributed by atoms with Crippen LogP contribution in [0.4, 0.5) is 0 Å². The zero-order chi connectivity index (χ0) is 15.4. The third-order valence-corrected chi connectivity index (χ3v) is 3.97. The van der Waals surface area contributed by atoms with Crippen LogP contribution in [0.1, 0.15) is 12.1 Å². The quantitative estimate of drug-likeness (QED) is 0.787. The number of carbonyl (C=O) groups is 1. The molecule has 6 nitrogen and oxygen atoms in total. The van der Waals surface area contributed by atoms with Crippen molar-refractivity contribution < 1.29 is 9.90 Å². The van der Waals surface area contributed by atoms with Gasteiger partial charge in [0.1, 0.15) is 5.52 Å². The number of hydrogen-bond donors (Lipinski definition) is 1. The molecule has 0 amide bonds. The Labute approximate surface area is 128 Å². The van der Waals surface area contributed by atoms with E-state index >= 15 is 0 Å². The molecule has 0 unspecified atom stereocenters. The second kappa shape index (κ2) is 6.91. The summed E-state index contributed by atoms with van der Waals surface area (Å²) in [5, 5.41) is 9.58. The van der Waals surface area contributed by atoms with Crippen molar-refractivity contribution in [3.8, 4) is 0 Å². The summed E-state index contributed by atoms with van der Waals surface area (Å²) in [4.78, 5) is 22.0. The molecule has 0 saturated heterocycles. The number of hydrogen-bond acceptors (Lipinski definition) is 5. The summed E-state index contributed by atoms with van der Waals surface area (Å²) >= 11 is 1.24. The summed E-state index contributed by atoms with van der Waals surface area (Å²) in [6, 6.07) is 3.86. The van der Waals surface area contributed by atoms with E-state index in [2.05, 4.69) is 14.9 Å². The first-order valence-corrected chi connectivity index (χ1v) is 7.79. The van der Waals surface area contributed by atoms with Gasteiger partial charge in [0.15, 0.2) is 10.8 Å². The molecule has 0 bridgehead atoms. The number of pyridine rings is 1. The summed E-state index contributed by atoms with van der Waals surface area (Å²) in [7, 11) is 4.07. The molecule has 21 heavy (non-hydrogen) atoms. The van der Waals surface area contributed by atoms with Gasteiger partial charge in [0, 0.05) is 12.2 Å². The number of imidazole rings is 1. The monoisotopic (exact) mass is 308 g/mol. The van der Waals surface area contributed by atoms with Gasteiger partial charge in [0.25, 0.3) is 0 Å². The summed E-state index contributed by atoms with van der Waals surface area (Å²) in [5.74, 6) is -0.827. The van der Waals surface area contributed by atoms with Gasteiger partial charge in [0.2, 0.25) is 0 Å². The number of nitrogens with zero attached hydrogens (tertiary/aromatic N) is 4. The Bertz CT molecular complexity index is 639. The number of aryl methyl sites for hydroxylation is 2. The van der Waals surface area contributed by atoms with Crippen LogP contribution in [0.2, 0.25) is 0 Å². The fourth-order valence-corrected chi connectivity index (χ4v) is 2.81. The van der Waals surface area contributed by atoms with Crippen molar-refractivity contribution >= 4 is 28.9 Å². The minimum Gasteiger partial charge on any atom is -0.481 e. The van der Waals surface area contributed by atoms with Crippen LogP contribution >= 0.6 is 11.8 Å². The van der Waals surface area contributed by atoms with Gasteiger partial charge in [0.05, 0.1) is 5.75 Å². The third-order valence-electron chi connectivity index (χ3n) is 3.01. The van der Waals surface area contributed by atoms with E-state index in [4.69, 9.17) is 5.11 Å². The Morgan fingerprint density at radius 1 is 1.38 bits per heavy atom. The Hall–Kier alpha value is -1.60. The first kappa shape index (κ1) is 15.8. The van der Waals surface area contributed by atoms with Gasteiger partial charge in [-0.1, -0.05) is 11.8 Å². The lowest BCUT2D eigenvalue weighted by Crippen LogP contribution is -2.15. The molecular weight excluding hydrogens is 288 g/mol. The molecule has 0 radical (unpaired) electrons. The second-order valence-corrected chi connectivity index (χ2v) is 6.12. The van der Waals surface area contributed by atoms with Crippen molar-refractivity contribution in [3.05, 3.63) is 17.8 Å². The topological polar surface area (TPSA) is 71.2 Å². The SMILES string of the molecule is Cc1ccc2nc(SCC(=O)O)n(CCCN(C)C)c2n1. The van der Waals surface area contributed by atoms with E-state index in [1.165, 1.54) is 11.8 Å². The summed E-state index contributed by atoms with van der Waals surface area (Å²) in [5.41, 5.74) is 2.59. The normalized spacial score (nSPS) is 11.4. The molecule has 2 aromatic heterocycles. The van der Waals surface area contributed by atoms with E-state index in [1.54, 1.807) is 0 Å². The number of rotatable bonds is 7. The van der Waals surface area contributed by atoms with Crippen LogP contribution in [0.5, 0.6) is 0 Å². The zero-order valence-corrected chi connectivity index (χ0v) is 13.4. The molecule has 7 heteroatoms. The molecule has 0 saturated carbocycles. The van der Waals surface area contributed by atoms with Gasteiger partial charge in [-0.15, -0.1) is 0 Å². The number of aromatic nitrogens is 3. The van der Waals surface area contributed by atoms with Crippen LogP contribution in [0.15, 0.2) is 17.3 Å². The highest BCUT2D eigenvalue weighted by molar-refractivity contribution is 7.99. The maximum atomic E-state index is 10.8. The fourth-order valence-electron chi connectivity index (χ4n) is 2.06. The predicted molar refractivity (Wildman–Crippen MR) is 83.8 cm³/mol. The minimum atomic E-state index is -0.837. The van der Waals surface area contributed by atoms with Crippen LogP contribution in [0.3, 0.4) is 0 Å². The highest BCUT2D eigenvalue weighted by Gasteiger charge is 2.13. The maximum Gasteiger partial charge on any atom is 0.313 e. The lowest BCUT2D eigenvalue weighted by atomic mass is 10.3. The molecule has 2 rings (SSSR count). The van der Waals surface area contributed by atoms with Crippen molar-refractivity contribution in [3.63, 3.8) is 0 Å². The number of fused-ring (bicyclic) bond motifs is 1. The Morgan fingerprint density at radius 3 is 2.81 bits per heavy atom. The Kier molecular flexibility index (Phi) is 5.19. The minimum absolute atomic E-state index is 0.00991. The first-order valence-electron chi connectivity index (χ1n) is 6.80. The van der Waals surface area contributed by atoms with Crippen LogP contribution < -0.4 is 0 Å². The largest absolute Gasteiger partial charge is 0.481 e. The molecule has 2 heterocycles. The van der Waals surface area contributed by atoms with E-state index in [-0.39, 0.29) is 5.75 Å². The van der Waals surface area contributed by atoms with Crippen molar-refractivity contribution in [2.24, 2.45) is 0 Å². The summed E-state index contributed by atoms with van der Waals surface area (Å²) < 4.78 is 2.03. The lowest BCUT2D eigenvalue weighted by Gasteiger charge is -2.11. The van der Waals surface area contributed by atoms with Crippen molar-refractivity contribution in [2.75, 3.05) is 26.4 Å². The van der Waals surface area contributed by atoms with Gasteiger partial charge in [-0.05, 0) is 46.1 Å². The van der Waals surface area contributed by atoms with Gasteiger partial charge >= 0.3 is 5.97 Å². The number of carboxylic acid groups (broad SMARTS) is 1. The molecule has 0 atom stereocenters. The zero-order valence-electron chi connectivity index (χ0n) is 12.5. The van der Waals surface area contributed by atoms with E-state index in [1.807, 2.05) is 37.7 Å². The number of aliphatic carboxylic acids is 1. The van der Waals surface area contributed by atoms with Crippen molar-refractivity contribution in [1.29, 1.82) is 0 Å². The van der Waals surface area contributed by atoms with Gasteiger partial charge < -0.3 is 14.6 Å². The summed E-state index contributed by atoms with van der Waals surface area (Å²) in [6.45, 7) is 3.70. The van der Waals surface area contributed by atoms with E-state index in [9.17, 15) is 4.79 Å². The van der Waals surface area contributed by atoms with Crippen molar-refractivity contribution in [2.45, 2.75) is 25.0 Å². The molecule has 0 fully saturated rings. The van der Waals surface area contributed by atoms with E-state index in [0.29, 0.717) is 0 Å². The van der Waals surface area contributed by atoms with Gasteiger partial charge in [-0.2, -0.15) is 0 Å².